The molecule has 1 aliphatic carbocycles. The molecule has 0 saturated heterocycles. The van der Waals surface area contributed by atoms with Gasteiger partial charge < -0.3 is 15.7 Å². The van der Waals surface area contributed by atoms with Crippen molar-refractivity contribution in [3.63, 3.8) is 0 Å². The summed E-state index contributed by atoms with van der Waals surface area (Å²) in [5.74, 6) is -0.912. The standard InChI is InChI=1S/C13H24N2O3/c1-3-14-9(2)7-12(16)15-8-10-5-4-6-11(10)13(17)18/h9-11,14H,3-8H2,1-2H3,(H,15,16)(H,17,18). The first kappa shape index (κ1) is 15.0. The predicted molar refractivity (Wildman–Crippen MR) is 69.2 cm³/mol. The van der Waals surface area contributed by atoms with Gasteiger partial charge in [-0.1, -0.05) is 13.3 Å². The average Bonchev–Trinajstić information content (AvgIpc) is 2.74. The van der Waals surface area contributed by atoms with Gasteiger partial charge in [-0.25, -0.2) is 0 Å². The van der Waals surface area contributed by atoms with E-state index < -0.39 is 5.97 Å². The van der Waals surface area contributed by atoms with Gasteiger partial charge in [0.25, 0.3) is 0 Å². The molecule has 1 amide bonds. The summed E-state index contributed by atoms with van der Waals surface area (Å²) < 4.78 is 0. The Bertz CT molecular complexity index is 294. The van der Waals surface area contributed by atoms with Crippen LogP contribution >= 0.6 is 0 Å². The second-order valence-electron chi connectivity index (χ2n) is 5.10. The SMILES string of the molecule is CCNC(C)CC(=O)NCC1CCCC1C(=O)O. The van der Waals surface area contributed by atoms with Crippen LogP contribution in [-0.4, -0.2) is 36.1 Å². The van der Waals surface area contributed by atoms with Gasteiger partial charge in [-0.15, -0.1) is 0 Å². The summed E-state index contributed by atoms with van der Waals surface area (Å²) in [5.41, 5.74) is 0. The van der Waals surface area contributed by atoms with E-state index in [1.165, 1.54) is 0 Å². The van der Waals surface area contributed by atoms with E-state index in [-0.39, 0.29) is 23.8 Å². The summed E-state index contributed by atoms with van der Waals surface area (Å²) in [6.07, 6.45) is 3.03. The molecule has 5 heteroatoms. The van der Waals surface area contributed by atoms with E-state index in [9.17, 15) is 9.59 Å². The van der Waals surface area contributed by atoms with Crippen molar-refractivity contribution in [3.8, 4) is 0 Å². The van der Waals surface area contributed by atoms with Crippen molar-refractivity contribution >= 4 is 11.9 Å². The van der Waals surface area contributed by atoms with Crippen LogP contribution in [-0.2, 0) is 9.59 Å². The summed E-state index contributed by atoms with van der Waals surface area (Å²) >= 11 is 0. The van der Waals surface area contributed by atoms with E-state index in [2.05, 4.69) is 10.6 Å². The van der Waals surface area contributed by atoms with Gasteiger partial charge >= 0.3 is 5.97 Å². The van der Waals surface area contributed by atoms with Gasteiger partial charge in [-0.2, -0.15) is 0 Å². The van der Waals surface area contributed by atoms with Crippen LogP contribution in [0.5, 0.6) is 0 Å². The summed E-state index contributed by atoms with van der Waals surface area (Å²) in [6, 6.07) is 0.161. The third kappa shape index (κ3) is 4.64. The van der Waals surface area contributed by atoms with Crippen LogP contribution in [0.3, 0.4) is 0 Å². The van der Waals surface area contributed by atoms with E-state index in [0.717, 1.165) is 25.8 Å². The molecule has 3 N–H and O–H groups in total. The number of carboxylic acids is 1. The largest absolute Gasteiger partial charge is 0.481 e. The van der Waals surface area contributed by atoms with Crippen molar-refractivity contribution < 1.29 is 14.7 Å². The van der Waals surface area contributed by atoms with Crippen LogP contribution in [0.1, 0.15) is 39.5 Å². The fraction of sp³-hybridized carbons (Fsp3) is 0.846. The van der Waals surface area contributed by atoms with Gasteiger partial charge in [0, 0.05) is 19.0 Å². The maximum Gasteiger partial charge on any atom is 0.306 e. The fourth-order valence-electron chi connectivity index (χ4n) is 2.62. The zero-order valence-corrected chi connectivity index (χ0v) is 11.2. The molecule has 0 aromatic carbocycles. The van der Waals surface area contributed by atoms with Crippen molar-refractivity contribution in [1.29, 1.82) is 0 Å². The van der Waals surface area contributed by atoms with Gasteiger partial charge in [-0.05, 0) is 32.2 Å². The highest BCUT2D eigenvalue weighted by Crippen LogP contribution is 2.31. The maximum absolute atomic E-state index is 11.7. The first-order valence-corrected chi connectivity index (χ1v) is 6.77. The Labute approximate surface area is 108 Å². The van der Waals surface area contributed by atoms with Gasteiger partial charge in [0.2, 0.25) is 5.91 Å². The molecule has 5 nitrogen and oxygen atoms in total. The molecule has 0 aliphatic heterocycles. The molecule has 1 aliphatic rings. The number of amides is 1. The Morgan fingerprint density at radius 2 is 2.11 bits per heavy atom. The minimum atomic E-state index is -0.729. The van der Waals surface area contributed by atoms with Gasteiger partial charge in [0.05, 0.1) is 5.92 Å². The second-order valence-corrected chi connectivity index (χ2v) is 5.10. The van der Waals surface area contributed by atoms with Crippen molar-refractivity contribution in [2.24, 2.45) is 11.8 Å². The number of rotatable bonds is 7. The molecule has 0 bridgehead atoms. The molecule has 104 valence electrons. The fourth-order valence-corrected chi connectivity index (χ4v) is 2.62. The van der Waals surface area contributed by atoms with E-state index in [0.29, 0.717) is 13.0 Å². The highest BCUT2D eigenvalue weighted by atomic mass is 16.4. The number of hydrogen-bond acceptors (Lipinski definition) is 3. The molecule has 0 spiro atoms. The Kier molecular flexibility index (Phi) is 6.12. The number of aliphatic carboxylic acids is 1. The first-order valence-electron chi connectivity index (χ1n) is 6.77. The van der Waals surface area contributed by atoms with Crippen molar-refractivity contribution in [3.05, 3.63) is 0 Å². The third-order valence-electron chi connectivity index (χ3n) is 3.58. The van der Waals surface area contributed by atoms with Crippen LogP contribution in [0, 0.1) is 11.8 Å². The molecule has 18 heavy (non-hydrogen) atoms. The average molecular weight is 256 g/mol. The van der Waals surface area contributed by atoms with Crippen molar-refractivity contribution in [2.45, 2.75) is 45.6 Å². The van der Waals surface area contributed by atoms with Crippen molar-refractivity contribution in [1.82, 2.24) is 10.6 Å². The lowest BCUT2D eigenvalue weighted by Gasteiger charge is -2.17. The van der Waals surface area contributed by atoms with Gasteiger partial charge in [-0.3, -0.25) is 9.59 Å². The third-order valence-corrected chi connectivity index (χ3v) is 3.58. The number of hydrogen-bond donors (Lipinski definition) is 3. The monoisotopic (exact) mass is 256 g/mol. The normalized spacial score (nSPS) is 24.8. The zero-order valence-electron chi connectivity index (χ0n) is 11.2. The molecule has 1 rings (SSSR count). The molecule has 3 atom stereocenters. The number of carbonyl (C=O) groups is 2. The van der Waals surface area contributed by atoms with Crippen LogP contribution in [0.2, 0.25) is 0 Å². The Morgan fingerprint density at radius 3 is 2.72 bits per heavy atom. The highest BCUT2D eigenvalue weighted by molar-refractivity contribution is 5.76. The molecule has 1 saturated carbocycles. The van der Waals surface area contributed by atoms with Crippen LogP contribution < -0.4 is 10.6 Å². The van der Waals surface area contributed by atoms with Gasteiger partial charge in [0.1, 0.15) is 0 Å². The Balaban J connectivity index is 2.27. The molecule has 0 radical (unpaired) electrons. The maximum atomic E-state index is 11.7. The summed E-state index contributed by atoms with van der Waals surface area (Å²) in [4.78, 5) is 22.7. The van der Waals surface area contributed by atoms with E-state index >= 15 is 0 Å². The second kappa shape index (κ2) is 7.36. The predicted octanol–water partition coefficient (Wildman–Crippen LogP) is 0.992. The Hall–Kier alpha value is -1.10. The van der Waals surface area contributed by atoms with E-state index in [4.69, 9.17) is 5.11 Å². The van der Waals surface area contributed by atoms with Gasteiger partial charge in [0.15, 0.2) is 0 Å². The highest BCUT2D eigenvalue weighted by Gasteiger charge is 2.32. The topological polar surface area (TPSA) is 78.4 Å². The number of carboxylic acid groups (broad SMARTS) is 1. The van der Waals surface area contributed by atoms with Crippen molar-refractivity contribution in [2.75, 3.05) is 13.1 Å². The van der Waals surface area contributed by atoms with Crippen LogP contribution in [0.15, 0.2) is 0 Å². The summed E-state index contributed by atoms with van der Waals surface area (Å²) in [5, 5.41) is 15.1. The molecule has 1 fully saturated rings. The van der Waals surface area contributed by atoms with Crippen LogP contribution in [0.25, 0.3) is 0 Å². The molecule has 0 aromatic rings. The summed E-state index contributed by atoms with van der Waals surface area (Å²) in [7, 11) is 0. The molecule has 0 heterocycles. The first-order chi connectivity index (χ1) is 8.54. The zero-order chi connectivity index (χ0) is 13.5. The number of nitrogens with one attached hydrogen (secondary N) is 2. The lowest BCUT2D eigenvalue weighted by Crippen LogP contribution is -2.37. The summed E-state index contributed by atoms with van der Waals surface area (Å²) in [6.45, 7) is 5.32. The van der Waals surface area contributed by atoms with Crippen LogP contribution in [0.4, 0.5) is 0 Å². The lowest BCUT2D eigenvalue weighted by molar-refractivity contribution is -0.143. The minimum absolute atomic E-state index is 0.000473. The van der Waals surface area contributed by atoms with E-state index in [1.807, 2.05) is 13.8 Å². The smallest absolute Gasteiger partial charge is 0.306 e. The minimum Gasteiger partial charge on any atom is -0.481 e. The quantitative estimate of drug-likeness (QED) is 0.635. The molecular formula is C13H24N2O3. The van der Waals surface area contributed by atoms with E-state index in [1.54, 1.807) is 0 Å². The lowest BCUT2D eigenvalue weighted by atomic mass is 9.96. The molecule has 0 aromatic heterocycles. The Morgan fingerprint density at radius 1 is 1.39 bits per heavy atom. The molecular weight excluding hydrogens is 232 g/mol. The number of carbonyl (C=O) groups excluding carboxylic acids is 1. The molecule has 3 unspecified atom stereocenters.